The van der Waals surface area contributed by atoms with Crippen molar-refractivity contribution in [2.24, 2.45) is 0 Å². The van der Waals surface area contributed by atoms with Crippen molar-refractivity contribution in [3.8, 4) is 0 Å². The Hall–Kier alpha value is -1.51. The van der Waals surface area contributed by atoms with Gasteiger partial charge in [-0.05, 0) is 19.2 Å². The normalized spacial score (nSPS) is 11.0. The van der Waals surface area contributed by atoms with Gasteiger partial charge in [-0.3, -0.25) is 0 Å². The zero-order chi connectivity index (χ0) is 16.2. The molecular formula is C15H14N2O3S3. The molecule has 0 saturated carbocycles. The van der Waals surface area contributed by atoms with Crippen LogP contribution in [0, 0.1) is 0 Å². The number of carbonyl (C=O) groups excluding carboxylic acids is 1. The number of ether oxygens (including phenoxy) is 1. The van der Waals surface area contributed by atoms with E-state index in [9.17, 15) is 4.79 Å². The van der Waals surface area contributed by atoms with E-state index >= 15 is 0 Å². The second-order valence-corrected chi connectivity index (χ2v) is 7.70. The molecule has 2 heterocycles. The minimum absolute atomic E-state index is 0.332. The van der Waals surface area contributed by atoms with Crippen LogP contribution in [0.3, 0.4) is 0 Å². The van der Waals surface area contributed by atoms with Gasteiger partial charge in [0.05, 0.1) is 12.4 Å². The van der Waals surface area contributed by atoms with E-state index in [4.69, 9.17) is 9.15 Å². The molecule has 23 heavy (non-hydrogen) atoms. The van der Waals surface area contributed by atoms with Crippen LogP contribution in [0.2, 0.25) is 0 Å². The van der Waals surface area contributed by atoms with Crippen molar-refractivity contribution in [1.29, 1.82) is 0 Å². The number of rotatable bonds is 6. The molecule has 0 spiro atoms. The van der Waals surface area contributed by atoms with Crippen molar-refractivity contribution in [2.75, 3.05) is 12.9 Å². The monoisotopic (exact) mass is 366 g/mol. The third kappa shape index (κ3) is 3.54. The second-order valence-electron chi connectivity index (χ2n) is 4.44. The molecule has 0 fully saturated rings. The van der Waals surface area contributed by atoms with Crippen molar-refractivity contribution in [3.63, 3.8) is 0 Å². The Bertz CT molecular complexity index is 828. The molecule has 0 atom stereocenters. The second kappa shape index (κ2) is 7.37. The minimum atomic E-state index is -0.352. The lowest BCUT2D eigenvalue weighted by molar-refractivity contribution is 0.0526. The van der Waals surface area contributed by atoms with Crippen molar-refractivity contribution < 1.29 is 13.9 Å². The van der Waals surface area contributed by atoms with Crippen LogP contribution >= 0.6 is 34.9 Å². The Morgan fingerprint density at radius 1 is 1.30 bits per heavy atom. The van der Waals surface area contributed by atoms with Gasteiger partial charge in [0.25, 0.3) is 0 Å². The van der Waals surface area contributed by atoms with E-state index in [1.54, 1.807) is 18.7 Å². The van der Waals surface area contributed by atoms with E-state index in [1.165, 1.54) is 23.1 Å². The number of hydrogen-bond donors (Lipinski definition) is 0. The summed E-state index contributed by atoms with van der Waals surface area (Å²) in [4.78, 5) is 12.3. The molecule has 1 aromatic carbocycles. The standard InChI is InChI=1S/C15H14N2O3S3/c1-3-19-13(18)12-9-6-4-5-7-10(9)20-11(12)8-22-15-17-16-14(21-2)23-15/h4-7H,3,8H2,1-2H3. The topological polar surface area (TPSA) is 65.2 Å². The molecular weight excluding hydrogens is 352 g/mol. The third-order valence-electron chi connectivity index (χ3n) is 3.04. The molecule has 2 aromatic heterocycles. The highest BCUT2D eigenvalue weighted by atomic mass is 32.2. The number of benzene rings is 1. The molecule has 5 nitrogen and oxygen atoms in total. The van der Waals surface area contributed by atoms with Crippen molar-refractivity contribution in [2.45, 2.75) is 21.4 Å². The van der Waals surface area contributed by atoms with Gasteiger partial charge in [0, 0.05) is 5.39 Å². The average Bonchev–Trinajstić information content (AvgIpc) is 3.17. The van der Waals surface area contributed by atoms with Crippen molar-refractivity contribution in [3.05, 3.63) is 35.6 Å². The molecule has 0 radical (unpaired) electrons. The van der Waals surface area contributed by atoms with Gasteiger partial charge >= 0.3 is 5.97 Å². The molecule has 0 aliphatic rings. The zero-order valence-corrected chi connectivity index (χ0v) is 15.0. The lowest BCUT2D eigenvalue weighted by Gasteiger charge is -2.02. The highest BCUT2D eigenvalue weighted by Gasteiger charge is 2.22. The van der Waals surface area contributed by atoms with E-state index in [0.29, 0.717) is 29.3 Å². The first-order valence-corrected chi connectivity index (χ1v) is 9.93. The summed E-state index contributed by atoms with van der Waals surface area (Å²) in [6.45, 7) is 2.12. The van der Waals surface area contributed by atoms with E-state index in [0.717, 1.165) is 14.1 Å². The SMILES string of the molecule is CCOC(=O)c1c(CSc2nnc(SC)s2)oc2ccccc12. The van der Waals surface area contributed by atoms with E-state index in [-0.39, 0.29) is 5.97 Å². The van der Waals surface area contributed by atoms with Crippen LogP contribution in [0.4, 0.5) is 0 Å². The van der Waals surface area contributed by atoms with Gasteiger partial charge < -0.3 is 9.15 Å². The van der Waals surface area contributed by atoms with Gasteiger partial charge in [-0.2, -0.15) is 0 Å². The van der Waals surface area contributed by atoms with E-state index in [2.05, 4.69) is 10.2 Å². The maximum Gasteiger partial charge on any atom is 0.342 e. The molecule has 8 heteroatoms. The average molecular weight is 366 g/mol. The first-order valence-electron chi connectivity index (χ1n) is 6.90. The molecule has 0 unspecified atom stereocenters. The fourth-order valence-electron chi connectivity index (χ4n) is 2.09. The quantitative estimate of drug-likeness (QED) is 0.471. The number of carbonyl (C=O) groups is 1. The summed E-state index contributed by atoms with van der Waals surface area (Å²) < 4.78 is 12.8. The van der Waals surface area contributed by atoms with Crippen LogP contribution in [-0.2, 0) is 10.5 Å². The summed E-state index contributed by atoms with van der Waals surface area (Å²) in [6, 6.07) is 7.49. The third-order valence-corrected chi connectivity index (χ3v) is 6.07. The summed E-state index contributed by atoms with van der Waals surface area (Å²) in [5.74, 6) is 0.761. The van der Waals surface area contributed by atoms with Gasteiger partial charge in [-0.15, -0.1) is 10.2 Å². The summed E-state index contributed by atoms with van der Waals surface area (Å²) in [5, 5.41) is 8.97. The fourth-order valence-corrected chi connectivity index (χ4v) is 4.46. The largest absolute Gasteiger partial charge is 0.462 e. The number of esters is 1. The molecule has 0 amide bonds. The highest BCUT2D eigenvalue weighted by Crippen LogP contribution is 2.34. The zero-order valence-electron chi connectivity index (χ0n) is 12.6. The van der Waals surface area contributed by atoms with Crippen LogP contribution in [0.5, 0.6) is 0 Å². The van der Waals surface area contributed by atoms with E-state index in [1.807, 2.05) is 30.5 Å². The first-order chi connectivity index (χ1) is 11.2. The van der Waals surface area contributed by atoms with Crippen molar-refractivity contribution in [1.82, 2.24) is 10.2 Å². The Morgan fingerprint density at radius 3 is 2.83 bits per heavy atom. The van der Waals surface area contributed by atoms with Crippen LogP contribution in [0.15, 0.2) is 37.4 Å². The van der Waals surface area contributed by atoms with Crippen LogP contribution in [0.1, 0.15) is 23.0 Å². The molecule has 3 aromatic rings. The molecule has 0 aliphatic carbocycles. The van der Waals surface area contributed by atoms with E-state index < -0.39 is 0 Å². The smallest absolute Gasteiger partial charge is 0.342 e. The molecule has 0 N–H and O–H groups in total. The lowest BCUT2D eigenvalue weighted by Crippen LogP contribution is -2.06. The molecule has 120 valence electrons. The van der Waals surface area contributed by atoms with Gasteiger partial charge in [0.1, 0.15) is 16.9 Å². The Labute approximate surface area is 145 Å². The predicted molar refractivity (Wildman–Crippen MR) is 93.4 cm³/mol. The number of nitrogens with zero attached hydrogens (tertiary/aromatic N) is 2. The number of thioether (sulfide) groups is 2. The summed E-state index contributed by atoms with van der Waals surface area (Å²) in [5.41, 5.74) is 1.19. The van der Waals surface area contributed by atoms with Crippen LogP contribution in [-0.4, -0.2) is 29.0 Å². The van der Waals surface area contributed by atoms with Gasteiger partial charge in [-0.25, -0.2) is 4.79 Å². The van der Waals surface area contributed by atoms with Crippen molar-refractivity contribution >= 4 is 51.8 Å². The van der Waals surface area contributed by atoms with Crippen LogP contribution < -0.4 is 0 Å². The molecule has 0 aliphatic heterocycles. The number of hydrogen-bond acceptors (Lipinski definition) is 8. The number of para-hydroxylation sites is 1. The number of fused-ring (bicyclic) bond motifs is 1. The van der Waals surface area contributed by atoms with Gasteiger partial charge in [-0.1, -0.05) is 53.1 Å². The molecule has 3 rings (SSSR count). The summed E-state index contributed by atoms with van der Waals surface area (Å²) >= 11 is 4.60. The maximum absolute atomic E-state index is 12.3. The molecule has 0 bridgehead atoms. The minimum Gasteiger partial charge on any atom is -0.462 e. The highest BCUT2D eigenvalue weighted by molar-refractivity contribution is 8.02. The predicted octanol–water partition coefficient (Wildman–Crippen LogP) is 4.48. The first kappa shape index (κ1) is 16.4. The number of furan rings is 1. The van der Waals surface area contributed by atoms with Crippen LogP contribution in [0.25, 0.3) is 11.0 Å². The summed E-state index contributed by atoms with van der Waals surface area (Å²) in [6.07, 6.45) is 1.97. The maximum atomic E-state index is 12.3. The Balaban J connectivity index is 1.89. The lowest BCUT2D eigenvalue weighted by atomic mass is 10.1. The fraction of sp³-hybridized carbons (Fsp3) is 0.267. The van der Waals surface area contributed by atoms with Gasteiger partial charge in [0.15, 0.2) is 8.68 Å². The molecule has 0 saturated heterocycles. The number of aromatic nitrogens is 2. The summed E-state index contributed by atoms with van der Waals surface area (Å²) in [7, 11) is 0. The Kier molecular flexibility index (Phi) is 5.24. The Morgan fingerprint density at radius 2 is 2.09 bits per heavy atom. The van der Waals surface area contributed by atoms with Gasteiger partial charge in [0.2, 0.25) is 0 Å².